The van der Waals surface area contributed by atoms with Crippen LogP contribution in [-0.2, 0) is 5.41 Å². The number of benzene rings is 1. The highest BCUT2D eigenvalue weighted by Crippen LogP contribution is 2.72. The summed E-state index contributed by atoms with van der Waals surface area (Å²) in [5, 5.41) is 0. The van der Waals surface area contributed by atoms with Gasteiger partial charge in [0.25, 0.3) is 0 Å². The average molecular weight is 425 g/mol. The van der Waals surface area contributed by atoms with Gasteiger partial charge in [-0.25, -0.2) is 0 Å². The Balaban J connectivity index is 1.49. The first-order valence-electron chi connectivity index (χ1n) is 12.2. The highest BCUT2D eigenvalue weighted by atomic mass is 32.1. The summed E-state index contributed by atoms with van der Waals surface area (Å²) in [6.07, 6.45) is 9.14. The number of piperidine rings is 1. The summed E-state index contributed by atoms with van der Waals surface area (Å²) in [5.74, 6) is 1.65. The number of nitrogens with two attached hydrogens (primary N) is 1. The zero-order valence-corrected chi connectivity index (χ0v) is 20.2. The van der Waals surface area contributed by atoms with Crippen molar-refractivity contribution in [2.45, 2.75) is 84.1 Å². The first-order valence-corrected chi connectivity index (χ1v) is 12.6. The maximum absolute atomic E-state index is 6.45. The molecule has 4 aliphatic rings. The first kappa shape index (κ1) is 20.9. The van der Waals surface area contributed by atoms with Crippen molar-refractivity contribution in [2.24, 2.45) is 33.8 Å². The summed E-state index contributed by atoms with van der Waals surface area (Å²) in [7, 11) is 0. The summed E-state index contributed by atoms with van der Waals surface area (Å²) in [4.78, 5) is 3.78. The molecule has 1 heterocycles. The van der Waals surface area contributed by atoms with Crippen LogP contribution in [0.4, 0.5) is 0 Å². The topological polar surface area (TPSA) is 29.3 Å². The predicted octanol–water partition coefficient (Wildman–Crippen LogP) is 5.94. The van der Waals surface area contributed by atoms with Crippen LogP contribution in [0.25, 0.3) is 0 Å². The summed E-state index contributed by atoms with van der Waals surface area (Å²) < 4.78 is 0. The fourth-order valence-electron chi connectivity index (χ4n) is 8.00. The van der Waals surface area contributed by atoms with Gasteiger partial charge in [0.15, 0.2) is 0 Å². The lowest BCUT2D eigenvalue weighted by molar-refractivity contribution is -0.0145. The minimum absolute atomic E-state index is 0.112. The summed E-state index contributed by atoms with van der Waals surface area (Å²) >= 11 is 6.34. The lowest BCUT2D eigenvalue weighted by Gasteiger charge is -2.59. The van der Waals surface area contributed by atoms with Crippen LogP contribution in [-0.4, -0.2) is 29.0 Å². The van der Waals surface area contributed by atoms with Crippen molar-refractivity contribution in [3.05, 3.63) is 35.9 Å². The van der Waals surface area contributed by atoms with E-state index in [4.69, 9.17) is 18.0 Å². The van der Waals surface area contributed by atoms with Crippen molar-refractivity contribution in [1.29, 1.82) is 0 Å². The third kappa shape index (κ3) is 3.10. The van der Waals surface area contributed by atoms with Crippen LogP contribution in [0.5, 0.6) is 0 Å². The molecule has 5 unspecified atom stereocenters. The van der Waals surface area contributed by atoms with Crippen LogP contribution in [0.3, 0.4) is 0 Å². The van der Waals surface area contributed by atoms with Gasteiger partial charge in [-0.1, -0.05) is 70.2 Å². The molecular weight excluding hydrogens is 384 g/mol. The Kier molecular flexibility index (Phi) is 4.74. The maximum Gasteiger partial charge on any atom is 0.0839 e. The number of hydrogen-bond donors (Lipinski definition) is 1. The minimum atomic E-state index is 0.112. The first-order chi connectivity index (χ1) is 14.1. The van der Waals surface area contributed by atoms with Crippen molar-refractivity contribution in [3.63, 3.8) is 0 Å². The van der Waals surface area contributed by atoms with Crippen molar-refractivity contribution in [2.75, 3.05) is 13.1 Å². The molecule has 0 radical (unpaired) electrons. The van der Waals surface area contributed by atoms with Gasteiger partial charge in [-0.3, -0.25) is 0 Å². The van der Waals surface area contributed by atoms with E-state index in [1.165, 1.54) is 43.5 Å². The molecule has 2 bridgehead atoms. The van der Waals surface area contributed by atoms with Crippen LogP contribution in [0.2, 0.25) is 0 Å². The number of rotatable bonds is 2. The summed E-state index contributed by atoms with van der Waals surface area (Å²) in [5.41, 5.74) is 9.15. The molecule has 3 heteroatoms. The van der Waals surface area contributed by atoms with Crippen LogP contribution in [0.15, 0.2) is 30.3 Å². The van der Waals surface area contributed by atoms with Crippen LogP contribution in [0, 0.1) is 28.1 Å². The Labute approximate surface area is 189 Å². The van der Waals surface area contributed by atoms with Gasteiger partial charge < -0.3 is 10.6 Å². The van der Waals surface area contributed by atoms with E-state index in [9.17, 15) is 0 Å². The van der Waals surface area contributed by atoms with E-state index in [-0.39, 0.29) is 22.3 Å². The molecule has 0 amide bonds. The molecule has 1 spiro atoms. The Hall–Kier alpha value is -0.930. The van der Waals surface area contributed by atoms with Crippen molar-refractivity contribution in [1.82, 2.24) is 4.90 Å². The molecule has 30 heavy (non-hydrogen) atoms. The van der Waals surface area contributed by atoms with Crippen LogP contribution >= 0.6 is 12.2 Å². The van der Waals surface area contributed by atoms with Crippen LogP contribution < -0.4 is 5.73 Å². The second-order valence-electron chi connectivity index (χ2n) is 12.4. The fourth-order valence-corrected chi connectivity index (χ4v) is 8.31. The quantitative estimate of drug-likeness (QED) is 0.596. The SMILES string of the molecule is CC1CC2(c3ccccc3)CC(CC(C)(C(=S)N3CCC(N)C(C)(C)C3)C2)C12CC2. The normalized spacial score (nSPS) is 41.5. The van der Waals surface area contributed by atoms with Gasteiger partial charge in [0.05, 0.1) is 4.99 Å². The zero-order chi connectivity index (χ0) is 21.4. The maximum atomic E-state index is 6.45. The predicted molar refractivity (Wildman–Crippen MR) is 130 cm³/mol. The lowest BCUT2D eigenvalue weighted by atomic mass is 9.46. The van der Waals surface area contributed by atoms with Crippen molar-refractivity contribution >= 4 is 17.2 Å². The molecule has 164 valence electrons. The standard InChI is InChI=1S/C27H40N2S/c1-19-14-26(20-8-6-5-7-9-20)16-21(27(19)11-12-27)15-25(4,17-26)23(30)29-13-10-22(28)24(2,3)18-29/h5-9,19,21-22H,10-18,28H2,1-4H3. The number of hydrogen-bond acceptors (Lipinski definition) is 2. The molecule has 0 aromatic heterocycles. The molecule has 3 saturated carbocycles. The molecule has 1 saturated heterocycles. The van der Waals surface area contributed by atoms with Gasteiger partial charge in [-0.2, -0.15) is 0 Å². The van der Waals surface area contributed by atoms with E-state index in [1.54, 1.807) is 5.56 Å². The average Bonchev–Trinajstić information content (AvgIpc) is 3.51. The van der Waals surface area contributed by atoms with Crippen molar-refractivity contribution < 1.29 is 0 Å². The Morgan fingerprint density at radius 1 is 1.07 bits per heavy atom. The van der Waals surface area contributed by atoms with E-state index in [1.807, 2.05) is 0 Å². The largest absolute Gasteiger partial charge is 0.365 e. The number of fused-ring (bicyclic) bond motifs is 3. The monoisotopic (exact) mass is 424 g/mol. The number of nitrogens with zero attached hydrogens (tertiary/aromatic N) is 1. The highest BCUT2D eigenvalue weighted by Gasteiger charge is 2.64. The van der Waals surface area contributed by atoms with Gasteiger partial charge in [0.1, 0.15) is 0 Å². The smallest absolute Gasteiger partial charge is 0.0839 e. The molecular formula is C27H40N2S. The molecule has 2 nitrogen and oxygen atoms in total. The second kappa shape index (κ2) is 6.78. The van der Waals surface area contributed by atoms with Gasteiger partial charge in [0.2, 0.25) is 0 Å². The van der Waals surface area contributed by atoms with Gasteiger partial charge >= 0.3 is 0 Å². The van der Waals surface area contributed by atoms with Gasteiger partial charge in [-0.05, 0) is 78.6 Å². The van der Waals surface area contributed by atoms with E-state index < -0.39 is 0 Å². The molecule has 5 rings (SSSR count). The lowest BCUT2D eigenvalue weighted by Crippen LogP contribution is -2.59. The van der Waals surface area contributed by atoms with E-state index in [2.05, 4.69) is 62.9 Å². The fraction of sp³-hybridized carbons (Fsp3) is 0.741. The van der Waals surface area contributed by atoms with E-state index in [0.29, 0.717) is 5.41 Å². The highest BCUT2D eigenvalue weighted by molar-refractivity contribution is 7.80. The van der Waals surface area contributed by atoms with E-state index >= 15 is 0 Å². The molecule has 1 aromatic carbocycles. The Bertz CT molecular complexity index is 825. The van der Waals surface area contributed by atoms with Gasteiger partial charge in [0, 0.05) is 24.5 Å². The molecule has 4 fully saturated rings. The Morgan fingerprint density at radius 2 is 1.77 bits per heavy atom. The van der Waals surface area contributed by atoms with Crippen LogP contribution in [0.1, 0.15) is 78.2 Å². The molecule has 1 aliphatic heterocycles. The Morgan fingerprint density at radius 3 is 2.40 bits per heavy atom. The minimum Gasteiger partial charge on any atom is -0.365 e. The third-order valence-corrected chi connectivity index (χ3v) is 10.6. The summed E-state index contributed by atoms with van der Waals surface area (Å²) in [6, 6.07) is 11.7. The summed E-state index contributed by atoms with van der Waals surface area (Å²) in [6.45, 7) is 11.7. The number of likely N-dealkylation sites (tertiary alicyclic amines) is 1. The molecule has 3 aliphatic carbocycles. The zero-order valence-electron chi connectivity index (χ0n) is 19.4. The molecule has 1 aromatic rings. The number of thiocarbonyl (C=S) groups is 1. The molecule has 2 N–H and O–H groups in total. The van der Waals surface area contributed by atoms with E-state index in [0.717, 1.165) is 31.3 Å². The second-order valence-corrected chi connectivity index (χ2v) is 12.8. The van der Waals surface area contributed by atoms with Crippen molar-refractivity contribution in [3.8, 4) is 0 Å². The third-order valence-electron chi connectivity index (χ3n) is 9.88. The molecule has 5 atom stereocenters. The van der Waals surface area contributed by atoms with Gasteiger partial charge in [-0.15, -0.1) is 0 Å².